The predicted molar refractivity (Wildman–Crippen MR) is 110 cm³/mol. The first kappa shape index (κ1) is 22.6. The molecule has 0 atom stereocenters. The van der Waals surface area contributed by atoms with Crippen molar-refractivity contribution in [2.24, 2.45) is 0 Å². The number of carbonyl (C=O) groups excluding carboxylic acids is 3. The Hall–Kier alpha value is -2.72. The molecule has 10 heteroatoms. The van der Waals surface area contributed by atoms with Gasteiger partial charge in [-0.2, -0.15) is 0 Å². The average molecular weight is 439 g/mol. The normalized spacial score (nSPS) is 11.0. The van der Waals surface area contributed by atoms with Gasteiger partial charge in [0.05, 0.1) is 22.8 Å². The summed E-state index contributed by atoms with van der Waals surface area (Å²) in [5.74, 6) is -1.34. The Balaban J connectivity index is 2.32. The predicted octanol–water partition coefficient (Wildman–Crippen LogP) is 3.30. The molecule has 3 amide bonds. The van der Waals surface area contributed by atoms with E-state index in [0.29, 0.717) is 5.56 Å². The summed E-state index contributed by atoms with van der Waals surface area (Å²) in [6.45, 7) is 6.74. The van der Waals surface area contributed by atoms with Gasteiger partial charge in [-0.15, -0.1) is 11.3 Å². The van der Waals surface area contributed by atoms with Crippen LogP contribution in [0.1, 0.15) is 45.0 Å². The second-order valence-corrected chi connectivity index (χ2v) is 9.55. The first-order chi connectivity index (χ1) is 13.6. The molecule has 0 saturated carbocycles. The number of hydrogen-bond donors (Lipinski definition) is 2. The molecule has 1 aromatic carbocycles. The zero-order valence-electron chi connectivity index (χ0n) is 16.5. The van der Waals surface area contributed by atoms with E-state index in [0.717, 1.165) is 4.88 Å². The van der Waals surface area contributed by atoms with E-state index in [4.69, 9.17) is 4.74 Å². The van der Waals surface area contributed by atoms with Crippen LogP contribution >= 0.6 is 11.3 Å². The highest BCUT2D eigenvalue weighted by molar-refractivity contribution is 7.91. The Kier molecular flexibility index (Phi) is 7.15. The SMILES string of the molecule is CCOC(=O)NC(=O)c1c(NC(=O)c2cccc(S(=O)(=O)CC)c2)sc(C)c1C. The molecule has 0 aliphatic heterocycles. The summed E-state index contributed by atoms with van der Waals surface area (Å²) < 4.78 is 28.8. The fourth-order valence-electron chi connectivity index (χ4n) is 2.48. The smallest absolute Gasteiger partial charge is 0.414 e. The molecule has 0 radical (unpaired) electrons. The topological polar surface area (TPSA) is 119 Å². The minimum Gasteiger partial charge on any atom is -0.450 e. The van der Waals surface area contributed by atoms with Crippen LogP contribution in [0.5, 0.6) is 0 Å². The van der Waals surface area contributed by atoms with Gasteiger partial charge in [0.2, 0.25) is 0 Å². The Morgan fingerprint density at radius 2 is 1.79 bits per heavy atom. The van der Waals surface area contributed by atoms with Crippen LogP contribution in [0.25, 0.3) is 0 Å². The molecule has 2 N–H and O–H groups in total. The van der Waals surface area contributed by atoms with Gasteiger partial charge in [-0.05, 0) is 44.5 Å². The molecule has 2 aromatic rings. The Bertz CT molecular complexity index is 1060. The number of hydrogen-bond acceptors (Lipinski definition) is 7. The third-order valence-electron chi connectivity index (χ3n) is 4.17. The van der Waals surface area contributed by atoms with Crippen LogP contribution in [0, 0.1) is 13.8 Å². The molecular formula is C19H22N2O6S2. The lowest BCUT2D eigenvalue weighted by Gasteiger charge is -2.09. The van der Waals surface area contributed by atoms with Crippen molar-refractivity contribution in [3.05, 3.63) is 45.8 Å². The molecule has 156 valence electrons. The molecule has 8 nitrogen and oxygen atoms in total. The summed E-state index contributed by atoms with van der Waals surface area (Å²) in [7, 11) is -3.46. The van der Waals surface area contributed by atoms with Crippen LogP contribution < -0.4 is 10.6 Å². The standard InChI is InChI=1S/C19H22N2O6S2/c1-5-27-19(24)21-17(23)15-11(3)12(4)28-18(15)20-16(22)13-8-7-9-14(10-13)29(25,26)6-2/h7-10H,5-6H2,1-4H3,(H,20,22)(H,21,23,24). The lowest BCUT2D eigenvalue weighted by molar-refractivity contribution is 0.0925. The molecule has 0 unspecified atom stereocenters. The summed E-state index contributed by atoms with van der Waals surface area (Å²) in [5, 5.41) is 5.02. The average Bonchev–Trinajstić information content (AvgIpc) is 2.95. The van der Waals surface area contributed by atoms with E-state index in [1.807, 2.05) is 0 Å². The molecular weight excluding hydrogens is 416 g/mol. The monoisotopic (exact) mass is 438 g/mol. The van der Waals surface area contributed by atoms with Crippen LogP contribution in [-0.4, -0.2) is 38.7 Å². The minimum atomic E-state index is -3.46. The number of thiophene rings is 1. The lowest BCUT2D eigenvalue weighted by Crippen LogP contribution is -2.32. The molecule has 0 bridgehead atoms. The maximum atomic E-state index is 12.7. The van der Waals surface area contributed by atoms with Gasteiger partial charge in [0.25, 0.3) is 11.8 Å². The first-order valence-electron chi connectivity index (χ1n) is 8.83. The lowest BCUT2D eigenvalue weighted by atomic mass is 10.1. The Morgan fingerprint density at radius 3 is 2.41 bits per heavy atom. The molecule has 0 spiro atoms. The quantitative estimate of drug-likeness (QED) is 0.714. The number of benzene rings is 1. The van der Waals surface area contributed by atoms with Gasteiger partial charge in [-0.3, -0.25) is 14.9 Å². The fourth-order valence-corrected chi connectivity index (χ4v) is 4.46. The van der Waals surface area contributed by atoms with Crippen molar-refractivity contribution >= 4 is 44.1 Å². The van der Waals surface area contributed by atoms with Crippen molar-refractivity contribution in [2.45, 2.75) is 32.6 Å². The molecule has 1 aromatic heterocycles. The number of imide groups is 1. The Labute approximate surface area is 173 Å². The summed E-state index contributed by atoms with van der Waals surface area (Å²) in [6, 6.07) is 5.68. The van der Waals surface area contributed by atoms with Crippen LogP contribution in [0.2, 0.25) is 0 Å². The number of aryl methyl sites for hydroxylation is 1. The van der Waals surface area contributed by atoms with E-state index in [1.54, 1.807) is 20.8 Å². The minimum absolute atomic E-state index is 0.0477. The summed E-state index contributed by atoms with van der Waals surface area (Å²) in [6.07, 6.45) is -0.879. The van der Waals surface area contributed by atoms with E-state index < -0.39 is 27.7 Å². The van der Waals surface area contributed by atoms with Crippen LogP contribution in [0.4, 0.5) is 9.80 Å². The van der Waals surface area contributed by atoms with Crippen molar-refractivity contribution in [3.8, 4) is 0 Å². The molecule has 2 rings (SSSR count). The highest BCUT2D eigenvalue weighted by atomic mass is 32.2. The van der Waals surface area contributed by atoms with Gasteiger partial charge in [0, 0.05) is 10.4 Å². The zero-order valence-corrected chi connectivity index (χ0v) is 18.1. The second kappa shape index (κ2) is 9.19. The number of rotatable bonds is 6. The third kappa shape index (κ3) is 5.21. The third-order valence-corrected chi connectivity index (χ3v) is 7.02. The fraction of sp³-hybridized carbons (Fsp3) is 0.316. The zero-order chi connectivity index (χ0) is 21.8. The van der Waals surface area contributed by atoms with Gasteiger partial charge in [0.15, 0.2) is 9.84 Å². The van der Waals surface area contributed by atoms with Gasteiger partial charge < -0.3 is 10.1 Å². The number of ether oxygens (including phenoxy) is 1. The second-order valence-electron chi connectivity index (χ2n) is 6.05. The number of amides is 3. The molecule has 0 fully saturated rings. The van der Waals surface area contributed by atoms with Crippen molar-refractivity contribution in [2.75, 3.05) is 17.7 Å². The van der Waals surface area contributed by atoms with Crippen molar-refractivity contribution < 1.29 is 27.5 Å². The first-order valence-corrected chi connectivity index (χ1v) is 11.3. The molecule has 0 aliphatic carbocycles. The highest BCUT2D eigenvalue weighted by Gasteiger charge is 2.23. The molecule has 0 saturated heterocycles. The molecule has 1 heterocycles. The van der Waals surface area contributed by atoms with E-state index in [9.17, 15) is 22.8 Å². The summed E-state index contributed by atoms with van der Waals surface area (Å²) in [5.41, 5.74) is 0.917. The van der Waals surface area contributed by atoms with Gasteiger partial charge in [-0.25, -0.2) is 13.2 Å². The number of sulfone groups is 1. The van der Waals surface area contributed by atoms with Crippen molar-refractivity contribution in [1.82, 2.24) is 5.32 Å². The molecule has 29 heavy (non-hydrogen) atoms. The van der Waals surface area contributed by atoms with Crippen LogP contribution in [0.3, 0.4) is 0 Å². The van der Waals surface area contributed by atoms with Crippen LogP contribution in [-0.2, 0) is 14.6 Å². The van der Waals surface area contributed by atoms with Gasteiger partial charge >= 0.3 is 6.09 Å². The van der Waals surface area contributed by atoms with Crippen LogP contribution in [0.15, 0.2) is 29.2 Å². The number of alkyl carbamates (subject to hydrolysis) is 1. The number of carbonyl (C=O) groups is 3. The van der Waals surface area contributed by atoms with E-state index in [2.05, 4.69) is 10.6 Å². The maximum Gasteiger partial charge on any atom is 0.414 e. The van der Waals surface area contributed by atoms with Crippen molar-refractivity contribution in [3.63, 3.8) is 0 Å². The van der Waals surface area contributed by atoms with E-state index in [1.165, 1.54) is 42.5 Å². The maximum absolute atomic E-state index is 12.7. The highest BCUT2D eigenvalue weighted by Crippen LogP contribution is 2.33. The van der Waals surface area contributed by atoms with E-state index in [-0.39, 0.29) is 33.4 Å². The Morgan fingerprint density at radius 1 is 1.10 bits per heavy atom. The van der Waals surface area contributed by atoms with Crippen molar-refractivity contribution in [1.29, 1.82) is 0 Å². The number of anilines is 1. The van der Waals surface area contributed by atoms with Gasteiger partial charge in [0.1, 0.15) is 5.00 Å². The summed E-state index contributed by atoms with van der Waals surface area (Å²) in [4.78, 5) is 37.6. The van der Waals surface area contributed by atoms with Gasteiger partial charge in [-0.1, -0.05) is 13.0 Å². The largest absolute Gasteiger partial charge is 0.450 e. The number of nitrogens with one attached hydrogen (secondary N) is 2. The molecule has 0 aliphatic rings. The van der Waals surface area contributed by atoms with E-state index >= 15 is 0 Å². The summed E-state index contributed by atoms with van der Waals surface area (Å²) >= 11 is 1.18.